The maximum Gasteiger partial charge on any atom is 0.00928 e. The van der Waals surface area contributed by atoms with E-state index in [1.807, 2.05) is 0 Å². The number of nitrogens with zero attached hydrogens (tertiary/aromatic N) is 1. The molecule has 1 heterocycles. The number of hydrogen-bond acceptors (Lipinski definition) is 2. The van der Waals surface area contributed by atoms with E-state index in [9.17, 15) is 0 Å². The van der Waals surface area contributed by atoms with Gasteiger partial charge in [-0.15, -0.1) is 0 Å². The Morgan fingerprint density at radius 1 is 1.18 bits per heavy atom. The molecule has 0 bridgehead atoms. The van der Waals surface area contributed by atoms with Crippen LogP contribution in [-0.2, 0) is 0 Å². The molecule has 1 atom stereocenters. The molecule has 0 aromatic heterocycles. The molecule has 0 spiro atoms. The van der Waals surface area contributed by atoms with Crippen LogP contribution in [0.4, 0.5) is 0 Å². The van der Waals surface area contributed by atoms with Crippen molar-refractivity contribution >= 4 is 0 Å². The van der Waals surface area contributed by atoms with Crippen molar-refractivity contribution in [1.29, 1.82) is 0 Å². The molecule has 2 aliphatic rings. The molecule has 2 heteroatoms. The molecule has 17 heavy (non-hydrogen) atoms. The Morgan fingerprint density at radius 2 is 1.94 bits per heavy atom. The highest BCUT2D eigenvalue weighted by Crippen LogP contribution is 2.26. The molecule has 2 fully saturated rings. The van der Waals surface area contributed by atoms with E-state index in [1.165, 1.54) is 58.2 Å². The Balaban J connectivity index is 1.79. The van der Waals surface area contributed by atoms with Gasteiger partial charge in [0.1, 0.15) is 0 Å². The second kappa shape index (κ2) is 5.71. The van der Waals surface area contributed by atoms with Crippen molar-refractivity contribution in [3.63, 3.8) is 0 Å². The summed E-state index contributed by atoms with van der Waals surface area (Å²) in [7, 11) is 0. The van der Waals surface area contributed by atoms with E-state index in [0.29, 0.717) is 5.41 Å². The first-order chi connectivity index (χ1) is 8.11. The van der Waals surface area contributed by atoms with Gasteiger partial charge in [0.2, 0.25) is 0 Å². The Hall–Kier alpha value is -0.0800. The summed E-state index contributed by atoms with van der Waals surface area (Å²) >= 11 is 0. The average Bonchev–Trinajstić information content (AvgIpc) is 3.11. The minimum atomic E-state index is 0.424. The van der Waals surface area contributed by atoms with Crippen LogP contribution in [0.3, 0.4) is 0 Å². The summed E-state index contributed by atoms with van der Waals surface area (Å²) in [5.41, 5.74) is 0.424. The van der Waals surface area contributed by atoms with Crippen molar-refractivity contribution in [2.75, 3.05) is 19.6 Å². The van der Waals surface area contributed by atoms with Crippen LogP contribution < -0.4 is 5.32 Å². The summed E-state index contributed by atoms with van der Waals surface area (Å²) in [6, 6.07) is 1.70. The fourth-order valence-electron chi connectivity index (χ4n) is 3.04. The zero-order valence-electron chi connectivity index (χ0n) is 12.0. The molecule has 0 aromatic carbocycles. The Bertz CT molecular complexity index is 233. The van der Waals surface area contributed by atoms with Crippen LogP contribution >= 0.6 is 0 Å². The van der Waals surface area contributed by atoms with Crippen molar-refractivity contribution < 1.29 is 0 Å². The highest BCUT2D eigenvalue weighted by atomic mass is 15.2. The second-order valence-electron chi connectivity index (χ2n) is 6.85. The first-order valence-corrected chi connectivity index (χ1v) is 7.58. The molecule has 1 saturated carbocycles. The van der Waals surface area contributed by atoms with E-state index in [2.05, 4.69) is 31.0 Å². The van der Waals surface area contributed by atoms with E-state index in [0.717, 1.165) is 12.1 Å². The minimum Gasteiger partial charge on any atom is -0.313 e. The lowest BCUT2D eigenvalue weighted by Crippen LogP contribution is -2.47. The smallest absolute Gasteiger partial charge is 0.00928 e. The quantitative estimate of drug-likeness (QED) is 0.765. The molecule has 1 saturated heterocycles. The van der Waals surface area contributed by atoms with Gasteiger partial charge in [0, 0.05) is 25.2 Å². The van der Waals surface area contributed by atoms with Crippen molar-refractivity contribution in [2.24, 2.45) is 5.41 Å². The molecule has 1 aliphatic heterocycles. The van der Waals surface area contributed by atoms with Gasteiger partial charge in [-0.2, -0.15) is 0 Å². The fourth-order valence-corrected chi connectivity index (χ4v) is 3.04. The number of hydrogen-bond donors (Lipinski definition) is 1. The number of likely N-dealkylation sites (tertiary alicyclic amines) is 1. The lowest BCUT2D eigenvalue weighted by Gasteiger charge is -2.40. The van der Waals surface area contributed by atoms with Crippen LogP contribution in [0.15, 0.2) is 0 Å². The van der Waals surface area contributed by atoms with Crippen LogP contribution in [-0.4, -0.2) is 36.6 Å². The van der Waals surface area contributed by atoms with Gasteiger partial charge in [-0.25, -0.2) is 0 Å². The normalized spacial score (nSPS) is 27.4. The second-order valence-corrected chi connectivity index (χ2v) is 6.85. The summed E-state index contributed by atoms with van der Waals surface area (Å²) in [6.45, 7) is 11.0. The van der Waals surface area contributed by atoms with Gasteiger partial charge in [0.25, 0.3) is 0 Å². The van der Waals surface area contributed by atoms with Crippen molar-refractivity contribution in [1.82, 2.24) is 10.2 Å². The SMILES string of the molecule is CCC1CCCCN1CC(C)(C)CNC1CC1. The molecule has 0 aromatic rings. The predicted octanol–water partition coefficient (Wildman–Crippen LogP) is 3.03. The standard InChI is InChI=1S/C15H30N2/c1-4-14-7-5-6-10-17(14)12-15(2,3)11-16-13-8-9-13/h13-14,16H,4-12H2,1-3H3. The van der Waals surface area contributed by atoms with Crippen LogP contribution in [0.1, 0.15) is 59.3 Å². The summed E-state index contributed by atoms with van der Waals surface area (Å²) in [6.07, 6.45) is 8.39. The number of piperidine rings is 1. The zero-order valence-corrected chi connectivity index (χ0v) is 12.0. The van der Waals surface area contributed by atoms with E-state index >= 15 is 0 Å². The third kappa shape index (κ3) is 4.26. The highest BCUT2D eigenvalue weighted by molar-refractivity contribution is 4.87. The zero-order chi connectivity index (χ0) is 12.3. The molecule has 0 amide bonds. The van der Waals surface area contributed by atoms with Crippen LogP contribution in [0, 0.1) is 5.41 Å². The summed E-state index contributed by atoms with van der Waals surface area (Å²) in [5, 5.41) is 3.69. The summed E-state index contributed by atoms with van der Waals surface area (Å²) in [5.74, 6) is 0. The number of rotatable bonds is 6. The van der Waals surface area contributed by atoms with Crippen molar-refractivity contribution in [3.8, 4) is 0 Å². The largest absolute Gasteiger partial charge is 0.313 e. The van der Waals surface area contributed by atoms with E-state index < -0.39 is 0 Å². The van der Waals surface area contributed by atoms with Gasteiger partial charge in [0.05, 0.1) is 0 Å². The van der Waals surface area contributed by atoms with Crippen LogP contribution in [0.2, 0.25) is 0 Å². The van der Waals surface area contributed by atoms with Gasteiger partial charge in [-0.05, 0) is 44.1 Å². The molecule has 2 rings (SSSR count). The fraction of sp³-hybridized carbons (Fsp3) is 1.00. The molecular formula is C15H30N2. The van der Waals surface area contributed by atoms with E-state index in [-0.39, 0.29) is 0 Å². The lowest BCUT2D eigenvalue weighted by molar-refractivity contribution is 0.0925. The Labute approximate surface area is 107 Å². The van der Waals surface area contributed by atoms with Gasteiger partial charge in [0.15, 0.2) is 0 Å². The lowest BCUT2D eigenvalue weighted by atomic mass is 9.89. The molecule has 2 nitrogen and oxygen atoms in total. The van der Waals surface area contributed by atoms with Gasteiger partial charge in [-0.3, -0.25) is 4.90 Å². The Morgan fingerprint density at radius 3 is 2.59 bits per heavy atom. The van der Waals surface area contributed by atoms with E-state index in [4.69, 9.17) is 0 Å². The van der Waals surface area contributed by atoms with Gasteiger partial charge < -0.3 is 5.32 Å². The summed E-state index contributed by atoms with van der Waals surface area (Å²) in [4.78, 5) is 2.75. The number of nitrogens with one attached hydrogen (secondary N) is 1. The van der Waals surface area contributed by atoms with Gasteiger partial charge in [-0.1, -0.05) is 27.2 Å². The van der Waals surface area contributed by atoms with Gasteiger partial charge >= 0.3 is 0 Å². The highest BCUT2D eigenvalue weighted by Gasteiger charge is 2.29. The van der Waals surface area contributed by atoms with Crippen molar-refractivity contribution in [3.05, 3.63) is 0 Å². The Kier molecular flexibility index (Phi) is 4.48. The van der Waals surface area contributed by atoms with Crippen LogP contribution in [0.25, 0.3) is 0 Å². The average molecular weight is 238 g/mol. The topological polar surface area (TPSA) is 15.3 Å². The monoisotopic (exact) mass is 238 g/mol. The molecule has 1 unspecified atom stereocenters. The molecule has 0 radical (unpaired) electrons. The third-order valence-corrected chi connectivity index (χ3v) is 4.30. The van der Waals surface area contributed by atoms with Crippen molar-refractivity contribution in [2.45, 2.75) is 71.4 Å². The first kappa shape index (κ1) is 13.4. The molecule has 100 valence electrons. The molecule has 1 N–H and O–H groups in total. The maximum atomic E-state index is 3.69. The summed E-state index contributed by atoms with van der Waals surface area (Å²) < 4.78 is 0. The minimum absolute atomic E-state index is 0.424. The van der Waals surface area contributed by atoms with E-state index in [1.54, 1.807) is 0 Å². The predicted molar refractivity (Wildman–Crippen MR) is 74.3 cm³/mol. The molecule has 1 aliphatic carbocycles. The third-order valence-electron chi connectivity index (χ3n) is 4.30. The first-order valence-electron chi connectivity index (χ1n) is 7.58. The van der Waals surface area contributed by atoms with Crippen LogP contribution in [0.5, 0.6) is 0 Å². The molecular weight excluding hydrogens is 208 g/mol. The maximum absolute atomic E-state index is 3.69.